The molecule has 0 radical (unpaired) electrons. The predicted octanol–water partition coefficient (Wildman–Crippen LogP) is 2.71. The minimum Gasteiger partial charge on any atom is -0.337 e. The Morgan fingerprint density at radius 2 is 1.96 bits per heavy atom. The van der Waals surface area contributed by atoms with Crippen LogP contribution in [0.3, 0.4) is 0 Å². The van der Waals surface area contributed by atoms with Crippen molar-refractivity contribution >= 4 is 11.6 Å². The Morgan fingerprint density at radius 3 is 2.74 bits per heavy atom. The Hall–Kier alpha value is -2.70. The summed E-state index contributed by atoms with van der Waals surface area (Å²) in [6, 6.07) is 14.6. The van der Waals surface area contributed by atoms with Gasteiger partial charge >= 0.3 is 0 Å². The third kappa shape index (κ3) is 3.46. The lowest BCUT2D eigenvalue weighted by molar-refractivity contribution is 0.0714. The molecular formula is C21H25N5O. The number of likely N-dealkylation sites (N-methyl/N-ethyl adjacent to an activating group) is 1. The third-order valence-corrected chi connectivity index (χ3v) is 5.47. The lowest BCUT2D eigenvalue weighted by Gasteiger charge is -2.29. The van der Waals surface area contributed by atoms with Crippen LogP contribution < -0.4 is 10.9 Å². The average molecular weight is 363 g/mol. The number of pyridine rings is 1. The number of carbonyl (C=O) groups is 1. The minimum atomic E-state index is 0.0146. The SMILES string of the molecule is Cc1cn2cc(C(=O)N(C)C(C)C3CC(c4ccccc4)NN3)ccc2n1. The third-order valence-electron chi connectivity index (χ3n) is 5.47. The van der Waals surface area contributed by atoms with E-state index in [2.05, 4.69) is 47.0 Å². The Bertz CT molecular complexity index is 952. The van der Waals surface area contributed by atoms with Crippen molar-refractivity contribution in [2.75, 3.05) is 7.05 Å². The fourth-order valence-corrected chi connectivity index (χ4v) is 3.71. The maximum absolute atomic E-state index is 13.0. The number of aryl methyl sites for hydroxylation is 1. The highest BCUT2D eigenvalue weighted by Gasteiger charge is 2.32. The van der Waals surface area contributed by atoms with E-state index < -0.39 is 0 Å². The number of hydrogen-bond donors (Lipinski definition) is 2. The van der Waals surface area contributed by atoms with Gasteiger partial charge in [0.05, 0.1) is 11.3 Å². The van der Waals surface area contributed by atoms with Gasteiger partial charge in [-0.2, -0.15) is 0 Å². The molecule has 1 aliphatic rings. The number of nitrogens with zero attached hydrogens (tertiary/aromatic N) is 3. The average Bonchev–Trinajstić information content (AvgIpc) is 3.32. The maximum atomic E-state index is 13.0. The molecule has 2 aromatic heterocycles. The van der Waals surface area contributed by atoms with Gasteiger partial charge in [0.1, 0.15) is 5.65 Å². The fourth-order valence-electron chi connectivity index (χ4n) is 3.71. The van der Waals surface area contributed by atoms with E-state index in [1.54, 1.807) is 0 Å². The van der Waals surface area contributed by atoms with Gasteiger partial charge < -0.3 is 9.30 Å². The van der Waals surface area contributed by atoms with Crippen LogP contribution in [0.15, 0.2) is 54.9 Å². The van der Waals surface area contributed by atoms with E-state index in [4.69, 9.17) is 0 Å². The van der Waals surface area contributed by atoms with Crippen molar-refractivity contribution in [2.45, 2.75) is 38.4 Å². The number of imidazole rings is 1. The molecule has 0 spiro atoms. The molecule has 1 aromatic carbocycles. The van der Waals surface area contributed by atoms with Crippen molar-refractivity contribution in [3.63, 3.8) is 0 Å². The molecule has 3 aromatic rings. The van der Waals surface area contributed by atoms with E-state index in [-0.39, 0.29) is 24.0 Å². The number of rotatable bonds is 4. The summed E-state index contributed by atoms with van der Waals surface area (Å²) in [5, 5.41) is 0. The number of amides is 1. The zero-order valence-electron chi connectivity index (χ0n) is 15.9. The molecule has 1 saturated heterocycles. The first-order chi connectivity index (χ1) is 13.0. The van der Waals surface area contributed by atoms with Crippen molar-refractivity contribution in [1.29, 1.82) is 0 Å². The Kier molecular flexibility index (Phi) is 4.68. The Labute approximate surface area is 159 Å². The summed E-state index contributed by atoms with van der Waals surface area (Å²) < 4.78 is 1.90. The number of carbonyl (C=O) groups excluding carboxylic acids is 1. The quantitative estimate of drug-likeness (QED) is 0.748. The summed E-state index contributed by atoms with van der Waals surface area (Å²) in [6.45, 7) is 4.04. The highest BCUT2D eigenvalue weighted by Crippen LogP contribution is 2.25. The van der Waals surface area contributed by atoms with E-state index in [1.165, 1.54) is 5.56 Å². The van der Waals surface area contributed by atoms with Crippen LogP contribution in [0.1, 0.15) is 41.0 Å². The minimum absolute atomic E-state index is 0.0146. The first-order valence-electron chi connectivity index (χ1n) is 9.31. The van der Waals surface area contributed by atoms with Crippen LogP contribution in [-0.4, -0.2) is 39.3 Å². The van der Waals surface area contributed by atoms with E-state index in [9.17, 15) is 4.79 Å². The first-order valence-corrected chi connectivity index (χ1v) is 9.31. The monoisotopic (exact) mass is 363 g/mol. The van der Waals surface area contributed by atoms with Crippen LogP contribution in [0.2, 0.25) is 0 Å². The second-order valence-corrected chi connectivity index (χ2v) is 7.32. The summed E-state index contributed by atoms with van der Waals surface area (Å²) in [5.41, 5.74) is 10.4. The van der Waals surface area contributed by atoms with Crippen LogP contribution in [0, 0.1) is 6.92 Å². The summed E-state index contributed by atoms with van der Waals surface area (Å²) in [5.74, 6) is 0.0146. The molecule has 27 heavy (non-hydrogen) atoms. The largest absolute Gasteiger partial charge is 0.337 e. The normalized spacial score (nSPS) is 20.7. The number of hydrazine groups is 1. The summed E-state index contributed by atoms with van der Waals surface area (Å²) in [4.78, 5) is 19.2. The van der Waals surface area contributed by atoms with Gasteiger partial charge in [-0.3, -0.25) is 10.2 Å². The van der Waals surface area contributed by atoms with Gasteiger partial charge in [0.15, 0.2) is 0 Å². The Balaban J connectivity index is 1.46. The van der Waals surface area contributed by atoms with Crippen LogP contribution in [0.4, 0.5) is 0 Å². The van der Waals surface area contributed by atoms with Crippen molar-refractivity contribution in [2.24, 2.45) is 0 Å². The summed E-state index contributed by atoms with van der Waals surface area (Å²) >= 11 is 0. The highest BCUT2D eigenvalue weighted by atomic mass is 16.2. The van der Waals surface area contributed by atoms with Gasteiger partial charge in [-0.25, -0.2) is 10.4 Å². The number of aromatic nitrogens is 2. The number of benzene rings is 1. The lowest BCUT2D eigenvalue weighted by atomic mass is 9.98. The van der Waals surface area contributed by atoms with Crippen LogP contribution in [0.25, 0.3) is 5.65 Å². The van der Waals surface area contributed by atoms with E-state index >= 15 is 0 Å². The predicted molar refractivity (Wildman–Crippen MR) is 105 cm³/mol. The highest BCUT2D eigenvalue weighted by molar-refractivity contribution is 5.94. The summed E-state index contributed by atoms with van der Waals surface area (Å²) in [6.07, 6.45) is 4.72. The van der Waals surface area contributed by atoms with Gasteiger partial charge in [-0.1, -0.05) is 30.3 Å². The summed E-state index contributed by atoms with van der Waals surface area (Å²) in [7, 11) is 1.87. The maximum Gasteiger partial charge on any atom is 0.255 e. The molecule has 2 N–H and O–H groups in total. The molecule has 0 saturated carbocycles. The second-order valence-electron chi connectivity index (χ2n) is 7.32. The molecule has 0 bridgehead atoms. The van der Waals surface area contributed by atoms with Crippen LogP contribution in [0.5, 0.6) is 0 Å². The van der Waals surface area contributed by atoms with Crippen molar-refractivity contribution in [3.8, 4) is 0 Å². The van der Waals surface area contributed by atoms with Crippen molar-refractivity contribution in [1.82, 2.24) is 25.1 Å². The molecule has 1 amide bonds. The van der Waals surface area contributed by atoms with Gasteiger partial charge in [0.25, 0.3) is 5.91 Å². The van der Waals surface area contributed by atoms with E-state index in [0.717, 1.165) is 17.8 Å². The van der Waals surface area contributed by atoms with E-state index in [0.29, 0.717) is 5.56 Å². The molecule has 0 aliphatic carbocycles. The number of nitrogens with one attached hydrogen (secondary N) is 2. The van der Waals surface area contributed by atoms with Crippen LogP contribution >= 0.6 is 0 Å². The van der Waals surface area contributed by atoms with Gasteiger partial charge in [-0.15, -0.1) is 0 Å². The smallest absolute Gasteiger partial charge is 0.255 e. The second kappa shape index (κ2) is 7.13. The zero-order valence-corrected chi connectivity index (χ0v) is 15.9. The molecule has 3 heterocycles. The first kappa shape index (κ1) is 17.7. The molecule has 3 atom stereocenters. The van der Waals surface area contributed by atoms with E-state index in [1.807, 2.05) is 53.9 Å². The molecule has 1 aliphatic heterocycles. The van der Waals surface area contributed by atoms with Crippen molar-refractivity contribution < 1.29 is 4.79 Å². The number of hydrogen-bond acceptors (Lipinski definition) is 4. The molecular weight excluding hydrogens is 338 g/mol. The van der Waals surface area contributed by atoms with Crippen molar-refractivity contribution in [3.05, 3.63) is 71.7 Å². The fraction of sp³-hybridized carbons (Fsp3) is 0.333. The van der Waals surface area contributed by atoms with Crippen LogP contribution in [-0.2, 0) is 0 Å². The molecule has 3 unspecified atom stereocenters. The topological polar surface area (TPSA) is 61.7 Å². The van der Waals surface area contributed by atoms with Gasteiger partial charge in [0.2, 0.25) is 0 Å². The molecule has 6 heteroatoms. The molecule has 140 valence electrons. The Morgan fingerprint density at radius 1 is 1.19 bits per heavy atom. The molecule has 6 nitrogen and oxygen atoms in total. The van der Waals surface area contributed by atoms with Gasteiger partial charge in [-0.05, 0) is 38.0 Å². The standard InChI is InChI=1S/C21H25N5O/c1-14-12-26-13-17(9-10-20(26)22-14)21(27)25(3)15(2)18-11-19(24-23-18)16-7-5-4-6-8-16/h4-10,12-13,15,18-19,23-24H,11H2,1-3H3. The zero-order chi connectivity index (χ0) is 19.0. The molecule has 1 fully saturated rings. The van der Waals surface area contributed by atoms with Gasteiger partial charge in [0, 0.05) is 37.6 Å². The molecule has 4 rings (SSSR count). The number of fused-ring (bicyclic) bond motifs is 1. The lowest BCUT2D eigenvalue weighted by Crippen LogP contribution is -2.48.